The fraction of sp³-hybridized carbons (Fsp3) is 0.200. The van der Waals surface area contributed by atoms with Gasteiger partial charge in [0.15, 0.2) is 11.6 Å². The number of carbonyl (C=O) groups excluding carboxylic acids is 2. The van der Waals surface area contributed by atoms with Gasteiger partial charge >= 0.3 is 5.97 Å². The Kier molecular flexibility index (Phi) is 3.95. The fourth-order valence-electron chi connectivity index (χ4n) is 1.03. The van der Waals surface area contributed by atoms with Gasteiger partial charge in [-0.15, -0.1) is 0 Å². The van der Waals surface area contributed by atoms with E-state index in [-0.39, 0.29) is 11.6 Å². The zero-order chi connectivity index (χ0) is 12.3. The van der Waals surface area contributed by atoms with Crippen LogP contribution in [0.15, 0.2) is 12.1 Å². The first-order valence-electron chi connectivity index (χ1n) is 4.34. The molecule has 6 heteroatoms. The second-order valence-electron chi connectivity index (χ2n) is 2.77. The number of Topliss-reactive ketones (excluding diaryl/α,β-unsaturated/α-hetero) is 1. The average molecular weight is 249 g/mol. The molecule has 0 N–H and O–H groups in total. The van der Waals surface area contributed by atoms with E-state index in [1.807, 2.05) is 0 Å². The highest BCUT2D eigenvalue weighted by atomic mass is 35.5. The summed E-state index contributed by atoms with van der Waals surface area (Å²) in [6, 6.07) is 1.76. The topological polar surface area (TPSA) is 43.4 Å². The lowest BCUT2D eigenvalue weighted by Gasteiger charge is -2.04. The van der Waals surface area contributed by atoms with Gasteiger partial charge in [-0.05, 0) is 19.1 Å². The van der Waals surface area contributed by atoms with Gasteiger partial charge in [0.2, 0.25) is 0 Å². The first-order valence-corrected chi connectivity index (χ1v) is 4.71. The maximum Gasteiger partial charge on any atom is 0.379 e. The van der Waals surface area contributed by atoms with Crippen LogP contribution in [0.25, 0.3) is 0 Å². The Morgan fingerprint density at radius 1 is 1.38 bits per heavy atom. The van der Waals surface area contributed by atoms with Gasteiger partial charge in [0.25, 0.3) is 5.78 Å². The van der Waals surface area contributed by atoms with Crippen molar-refractivity contribution in [3.8, 4) is 0 Å². The second kappa shape index (κ2) is 5.03. The Morgan fingerprint density at radius 3 is 2.56 bits per heavy atom. The predicted octanol–water partition coefficient (Wildman–Crippen LogP) is 2.36. The number of halogens is 3. The molecule has 0 aromatic heterocycles. The lowest BCUT2D eigenvalue weighted by molar-refractivity contribution is -0.137. The third kappa shape index (κ3) is 2.36. The minimum atomic E-state index is -1.45. The number of esters is 1. The molecule has 3 nitrogen and oxygen atoms in total. The van der Waals surface area contributed by atoms with Gasteiger partial charge in [-0.25, -0.2) is 13.6 Å². The van der Waals surface area contributed by atoms with Gasteiger partial charge in [-0.2, -0.15) is 0 Å². The molecular formula is C10H7ClF2O3. The van der Waals surface area contributed by atoms with Gasteiger partial charge in [0.05, 0.1) is 17.2 Å². The lowest BCUT2D eigenvalue weighted by atomic mass is 10.1. The van der Waals surface area contributed by atoms with E-state index in [4.69, 9.17) is 11.6 Å². The highest BCUT2D eigenvalue weighted by Crippen LogP contribution is 2.22. The largest absolute Gasteiger partial charge is 0.460 e. The van der Waals surface area contributed by atoms with Crippen LogP contribution in [0.5, 0.6) is 0 Å². The number of hydrogen-bond acceptors (Lipinski definition) is 3. The molecule has 0 aliphatic carbocycles. The second-order valence-corrected chi connectivity index (χ2v) is 3.17. The molecule has 16 heavy (non-hydrogen) atoms. The fourth-order valence-corrected chi connectivity index (χ4v) is 1.27. The molecule has 1 rings (SSSR count). The Bertz CT molecular complexity index is 446. The third-order valence-corrected chi connectivity index (χ3v) is 2.05. The summed E-state index contributed by atoms with van der Waals surface area (Å²) in [6.45, 7) is 1.44. The van der Waals surface area contributed by atoms with Gasteiger partial charge in [0.1, 0.15) is 0 Å². The van der Waals surface area contributed by atoms with Crippen molar-refractivity contribution < 1.29 is 23.1 Å². The minimum absolute atomic E-state index is 0.0425. The van der Waals surface area contributed by atoms with Crippen LogP contribution in [0.4, 0.5) is 8.78 Å². The van der Waals surface area contributed by atoms with Gasteiger partial charge in [0, 0.05) is 0 Å². The highest BCUT2D eigenvalue weighted by Gasteiger charge is 2.26. The maximum atomic E-state index is 13.2. The van der Waals surface area contributed by atoms with Crippen LogP contribution in [-0.2, 0) is 9.53 Å². The quantitative estimate of drug-likeness (QED) is 0.357. The first-order chi connectivity index (χ1) is 7.49. The smallest absolute Gasteiger partial charge is 0.379 e. The van der Waals surface area contributed by atoms with Crippen molar-refractivity contribution >= 4 is 23.4 Å². The number of carbonyl (C=O) groups is 2. The molecule has 1 aromatic rings. The molecule has 0 radical (unpaired) electrons. The van der Waals surface area contributed by atoms with Crippen molar-refractivity contribution in [1.82, 2.24) is 0 Å². The van der Waals surface area contributed by atoms with Crippen molar-refractivity contribution in [2.24, 2.45) is 0 Å². The number of hydrogen-bond donors (Lipinski definition) is 0. The van der Waals surface area contributed by atoms with E-state index in [2.05, 4.69) is 4.74 Å². The molecule has 0 amide bonds. The summed E-state index contributed by atoms with van der Waals surface area (Å²) in [7, 11) is 0. The van der Waals surface area contributed by atoms with Crippen molar-refractivity contribution in [3.63, 3.8) is 0 Å². The van der Waals surface area contributed by atoms with E-state index in [0.717, 1.165) is 12.1 Å². The summed E-state index contributed by atoms with van der Waals surface area (Å²) in [6.07, 6.45) is 0. The molecule has 86 valence electrons. The highest BCUT2D eigenvalue weighted by molar-refractivity contribution is 6.45. The molecular weight excluding hydrogens is 242 g/mol. The Morgan fingerprint density at radius 2 is 2.00 bits per heavy atom. The van der Waals surface area contributed by atoms with Gasteiger partial charge in [-0.1, -0.05) is 11.6 Å². The minimum Gasteiger partial charge on any atom is -0.460 e. The Labute approximate surface area is 95.0 Å². The van der Waals surface area contributed by atoms with E-state index in [1.165, 1.54) is 6.92 Å². The standard InChI is InChI=1S/C10H7ClF2O3/c1-2-16-10(15)9(14)7-5(11)3-4-6(12)8(7)13/h3-4H,2H2,1H3. The van der Waals surface area contributed by atoms with E-state index in [1.54, 1.807) is 0 Å². The van der Waals surface area contributed by atoms with Crippen LogP contribution in [-0.4, -0.2) is 18.4 Å². The monoisotopic (exact) mass is 248 g/mol. The van der Waals surface area contributed by atoms with E-state index in [0.29, 0.717) is 0 Å². The predicted molar refractivity (Wildman–Crippen MR) is 52.3 cm³/mol. The molecule has 0 unspecified atom stereocenters. The number of rotatable bonds is 3. The van der Waals surface area contributed by atoms with Crippen LogP contribution in [0.2, 0.25) is 5.02 Å². The van der Waals surface area contributed by atoms with Crippen LogP contribution in [0.3, 0.4) is 0 Å². The summed E-state index contributed by atoms with van der Waals surface area (Å²) >= 11 is 5.51. The van der Waals surface area contributed by atoms with Gasteiger partial charge < -0.3 is 4.74 Å². The van der Waals surface area contributed by atoms with Crippen molar-refractivity contribution in [2.45, 2.75) is 6.92 Å². The number of ketones is 1. The maximum absolute atomic E-state index is 13.2. The Hall–Kier alpha value is -1.49. The average Bonchev–Trinajstić information content (AvgIpc) is 2.24. The van der Waals surface area contributed by atoms with E-state index < -0.39 is 29.0 Å². The molecule has 0 aliphatic heterocycles. The molecule has 0 spiro atoms. The molecule has 0 bridgehead atoms. The van der Waals surface area contributed by atoms with Crippen molar-refractivity contribution in [2.75, 3.05) is 6.61 Å². The first kappa shape index (κ1) is 12.6. The van der Waals surface area contributed by atoms with Crippen molar-refractivity contribution in [3.05, 3.63) is 34.4 Å². The normalized spacial score (nSPS) is 10.0. The summed E-state index contributed by atoms with van der Waals surface area (Å²) in [5, 5.41) is -0.336. The summed E-state index contributed by atoms with van der Waals surface area (Å²) in [5.41, 5.74) is -0.805. The molecule has 1 aromatic carbocycles. The van der Waals surface area contributed by atoms with Crippen LogP contribution < -0.4 is 0 Å². The van der Waals surface area contributed by atoms with Gasteiger partial charge in [-0.3, -0.25) is 4.79 Å². The Balaban J connectivity index is 3.18. The third-order valence-electron chi connectivity index (χ3n) is 1.73. The number of benzene rings is 1. The molecule has 0 saturated heterocycles. The molecule has 0 atom stereocenters. The summed E-state index contributed by atoms with van der Waals surface area (Å²) in [4.78, 5) is 22.4. The molecule has 0 heterocycles. The van der Waals surface area contributed by atoms with Crippen LogP contribution in [0.1, 0.15) is 17.3 Å². The molecule has 0 aliphatic rings. The van der Waals surface area contributed by atoms with Crippen LogP contribution >= 0.6 is 11.6 Å². The lowest BCUT2D eigenvalue weighted by Crippen LogP contribution is -2.19. The van der Waals surface area contributed by atoms with Crippen molar-refractivity contribution in [1.29, 1.82) is 0 Å². The SMILES string of the molecule is CCOC(=O)C(=O)c1c(Cl)ccc(F)c1F. The van der Waals surface area contributed by atoms with E-state index in [9.17, 15) is 18.4 Å². The zero-order valence-corrected chi connectivity index (χ0v) is 8.98. The summed E-state index contributed by atoms with van der Waals surface area (Å²) < 4.78 is 30.4. The van der Waals surface area contributed by atoms with E-state index >= 15 is 0 Å². The molecule has 0 fully saturated rings. The summed E-state index contributed by atoms with van der Waals surface area (Å²) in [5.74, 6) is -5.28. The zero-order valence-electron chi connectivity index (χ0n) is 8.22. The van der Waals surface area contributed by atoms with Crippen LogP contribution in [0, 0.1) is 11.6 Å². The molecule has 0 saturated carbocycles. The number of ether oxygens (including phenoxy) is 1.